The van der Waals surface area contributed by atoms with Crippen molar-refractivity contribution in [2.75, 3.05) is 19.8 Å². The summed E-state index contributed by atoms with van der Waals surface area (Å²) >= 11 is 0. The third kappa shape index (κ3) is 7.26. The Bertz CT molecular complexity index is 360. The van der Waals surface area contributed by atoms with Gasteiger partial charge < -0.3 is 14.6 Å². The highest BCUT2D eigenvalue weighted by atomic mass is 16.5. The van der Waals surface area contributed by atoms with Gasteiger partial charge in [-0.2, -0.15) is 0 Å². The van der Waals surface area contributed by atoms with Gasteiger partial charge in [0.05, 0.1) is 13.2 Å². The number of hydrogen-bond donors (Lipinski definition) is 1. The van der Waals surface area contributed by atoms with E-state index in [0.29, 0.717) is 6.61 Å². The number of hydrogen-bond acceptors (Lipinski definition) is 4. The number of aliphatic hydroxyl groups excluding tert-OH is 1. The van der Waals surface area contributed by atoms with Crippen molar-refractivity contribution in [1.29, 1.82) is 0 Å². The summed E-state index contributed by atoms with van der Waals surface area (Å²) in [4.78, 5) is 9.94. The fourth-order valence-corrected chi connectivity index (χ4v) is 1.78. The van der Waals surface area contributed by atoms with Gasteiger partial charge in [0.2, 0.25) is 0 Å². The van der Waals surface area contributed by atoms with Crippen LogP contribution in [0.3, 0.4) is 0 Å². The second-order valence-electron chi connectivity index (χ2n) is 4.76. The van der Waals surface area contributed by atoms with Crippen LogP contribution in [-0.4, -0.2) is 30.9 Å². The zero-order valence-corrected chi connectivity index (χ0v) is 12.1. The minimum Gasteiger partial charge on any atom is -0.464 e. The molecule has 2 rings (SSSR count). The van der Waals surface area contributed by atoms with E-state index in [-0.39, 0.29) is 0 Å². The molecule has 0 aromatic heterocycles. The van der Waals surface area contributed by atoms with Crippen molar-refractivity contribution in [2.24, 2.45) is 5.92 Å². The number of carbonyl (C=O) groups is 1. The smallest absolute Gasteiger partial charge is 0.331 e. The van der Waals surface area contributed by atoms with Crippen LogP contribution in [0.1, 0.15) is 31.7 Å². The molecule has 0 bridgehead atoms. The van der Waals surface area contributed by atoms with Gasteiger partial charge in [0.25, 0.3) is 0 Å². The van der Waals surface area contributed by atoms with Crippen LogP contribution in [0.4, 0.5) is 0 Å². The van der Waals surface area contributed by atoms with Gasteiger partial charge in [0.1, 0.15) is 6.61 Å². The molecular weight excluding hydrogens is 256 g/mol. The molecule has 1 N–H and O–H groups in total. The molecule has 1 aromatic carbocycles. The molecule has 1 fully saturated rings. The molecule has 112 valence electrons. The number of benzene rings is 1. The van der Waals surface area contributed by atoms with Crippen LogP contribution in [0.25, 0.3) is 0 Å². The zero-order chi connectivity index (χ0) is 14.6. The van der Waals surface area contributed by atoms with Gasteiger partial charge in [-0.05, 0) is 31.2 Å². The minimum atomic E-state index is -0.567. The Morgan fingerprint density at radius 1 is 1.30 bits per heavy atom. The molecule has 0 atom stereocenters. The molecule has 0 spiro atoms. The van der Waals surface area contributed by atoms with E-state index < -0.39 is 12.6 Å². The maximum Gasteiger partial charge on any atom is 0.331 e. The highest BCUT2D eigenvalue weighted by molar-refractivity contribution is 5.70. The van der Waals surface area contributed by atoms with Gasteiger partial charge in [0, 0.05) is 6.61 Å². The third-order valence-corrected chi connectivity index (χ3v) is 3.12. The average Bonchev–Trinajstić information content (AvgIpc) is 2.44. The molecule has 1 aliphatic rings. The number of aliphatic hydroxyl groups is 1. The van der Waals surface area contributed by atoms with Crippen molar-refractivity contribution < 1.29 is 19.4 Å². The first-order valence-corrected chi connectivity index (χ1v) is 7.14. The van der Waals surface area contributed by atoms with Crippen molar-refractivity contribution in [2.45, 2.75) is 32.8 Å². The standard InChI is InChI=1S/C12H16O.C4H8O3/c1-2-5-11(6-3-1)9-13-10-12-7-4-8-12;1-2-7-4(6)3-5/h1-3,5-6,12H,4,7-10H2;5H,2-3H2,1H3. The van der Waals surface area contributed by atoms with Crippen LogP contribution in [-0.2, 0) is 20.9 Å². The number of esters is 1. The molecule has 1 aromatic rings. The Hall–Kier alpha value is -1.39. The molecule has 1 aliphatic carbocycles. The van der Waals surface area contributed by atoms with E-state index in [2.05, 4.69) is 29.0 Å². The van der Waals surface area contributed by atoms with Crippen molar-refractivity contribution in [3.05, 3.63) is 35.9 Å². The van der Waals surface area contributed by atoms with E-state index in [1.807, 2.05) is 6.07 Å². The SMILES string of the molecule is CCOC(=O)CO.c1ccc(COCC2CCC2)cc1. The monoisotopic (exact) mass is 280 g/mol. The average molecular weight is 280 g/mol. The summed E-state index contributed by atoms with van der Waals surface area (Å²) in [5.74, 6) is 0.284. The lowest BCUT2D eigenvalue weighted by molar-refractivity contribution is -0.146. The van der Waals surface area contributed by atoms with Gasteiger partial charge in [-0.3, -0.25) is 0 Å². The third-order valence-electron chi connectivity index (χ3n) is 3.12. The van der Waals surface area contributed by atoms with E-state index in [4.69, 9.17) is 9.84 Å². The number of carbonyl (C=O) groups excluding carboxylic acids is 1. The lowest BCUT2D eigenvalue weighted by Gasteiger charge is -2.24. The molecule has 20 heavy (non-hydrogen) atoms. The predicted molar refractivity (Wildman–Crippen MR) is 77.2 cm³/mol. The normalized spacial score (nSPS) is 13.9. The Morgan fingerprint density at radius 3 is 2.45 bits per heavy atom. The van der Waals surface area contributed by atoms with Gasteiger partial charge in [0.15, 0.2) is 0 Å². The highest BCUT2D eigenvalue weighted by Crippen LogP contribution is 2.26. The molecule has 4 heteroatoms. The molecular formula is C16H24O4. The first-order chi connectivity index (χ1) is 9.76. The second kappa shape index (κ2) is 10.4. The predicted octanol–water partition coefficient (Wildman–Crippen LogP) is 2.55. The van der Waals surface area contributed by atoms with Crippen molar-refractivity contribution in [1.82, 2.24) is 0 Å². The fourth-order valence-electron chi connectivity index (χ4n) is 1.78. The summed E-state index contributed by atoms with van der Waals surface area (Å²) in [5, 5.41) is 7.99. The summed E-state index contributed by atoms with van der Waals surface area (Å²) in [6.45, 7) is 3.23. The van der Waals surface area contributed by atoms with E-state index >= 15 is 0 Å². The van der Waals surface area contributed by atoms with E-state index in [1.54, 1.807) is 6.92 Å². The second-order valence-corrected chi connectivity index (χ2v) is 4.76. The molecule has 0 saturated heterocycles. The van der Waals surface area contributed by atoms with Crippen molar-refractivity contribution in [3.63, 3.8) is 0 Å². The molecule has 0 heterocycles. The molecule has 1 saturated carbocycles. The number of rotatable bonds is 6. The topological polar surface area (TPSA) is 55.8 Å². The van der Waals surface area contributed by atoms with Gasteiger partial charge >= 0.3 is 5.97 Å². The van der Waals surface area contributed by atoms with E-state index in [1.165, 1.54) is 24.8 Å². The first-order valence-electron chi connectivity index (χ1n) is 7.14. The first kappa shape index (κ1) is 16.7. The Balaban J connectivity index is 0.000000246. The summed E-state index contributed by atoms with van der Waals surface area (Å²) in [6.07, 6.45) is 4.14. The summed E-state index contributed by atoms with van der Waals surface area (Å²) in [5.41, 5.74) is 1.28. The Labute approximate surface area is 120 Å². The summed E-state index contributed by atoms with van der Waals surface area (Å²) in [6, 6.07) is 10.4. The van der Waals surface area contributed by atoms with Crippen LogP contribution in [0.2, 0.25) is 0 Å². The highest BCUT2D eigenvalue weighted by Gasteiger charge is 2.16. The summed E-state index contributed by atoms with van der Waals surface area (Å²) in [7, 11) is 0. The zero-order valence-electron chi connectivity index (χ0n) is 12.1. The lowest BCUT2D eigenvalue weighted by atomic mass is 9.86. The van der Waals surface area contributed by atoms with E-state index in [0.717, 1.165) is 19.1 Å². The quantitative estimate of drug-likeness (QED) is 0.814. The maximum atomic E-state index is 9.94. The molecule has 0 unspecified atom stereocenters. The van der Waals surface area contributed by atoms with Crippen LogP contribution >= 0.6 is 0 Å². The van der Waals surface area contributed by atoms with Crippen molar-refractivity contribution in [3.8, 4) is 0 Å². The van der Waals surface area contributed by atoms with Gasteiger partial charge in [-0.15, -0.1) is 0 Å². The van der Waals surface area contributed by atoms with Crippen LogP contribution in [0.15, 0.2) is 30.3 Å². The minimum absolute atomic E-state index is 0.333. The maximum absolute atomic E-state index is 9.94. The van der Waals surface area contributed by atoms with Crippen molar-refractivity contribution >= 4 is 5.97 Å². The molecule has 0 radical (unpaired) electrons. The summed E-state index contributed by atoms with van der Waals surface area (Å²) < 4.78 is 9.93. The number of ether oxygens (including phenoxy) is 2. The molecule has 4 nitrogen and oxygen atoms in total. The van der Waals surface area contributed by atoms with Gasteiger partial charge in [-0.1, -0.05) is 36.8 Å². The van der Waals surface area contributed by atoms with E-state index in [9.17, 15) is 4.79 Å². The Kier molecular flexibility index (Phi) is 8.67. The fraction of sp³-hybridized carbons (Fsp3) is 0.562. The van der Waals surface area contributed by atoms with Crippen LogP contribution in [0.5, 0.6) is 0 Å². The molecule has 0 aliphatic heterocycles. The van der Waals surface area contributed by atoms with Crippen LogP contribution in [0, 0.1) is 5.92 Å². The largest absolute Gasteiger partial charge is 0.464 e. The Morgan fingerprint density at radius 2 is 2.00 bits per heavy atom. The van der Waals surface area contributed by atoms with Gasteiger partial charge in [-0.25, -0.2) is 4.79 Å². The molecule has 0 amide bonds. The lowest BCUT2D eigenvalue weighted by Crippen LogP contribution is -2.17. The van der Waals surface area contributed by atoms with Crippen LogP contribution < -0.4 is 0 Å².